The number of aryl methyl sites for hydroxylation is 1. The minimum Gasteiger partial charge on any atom is -0.370 e. The molecule has 0 radical (unpaired) electrons. The van der Waals surface area contributed by atoms with E-state index in [4.69, 9.17) is 5.73 Å². The average Bonchev–Trinajstić information content (AvgIpc) is 2.82. The highest BCUT2D eigenvalue weighted by atomic mass is 15.2. The summed E-state index contributed by atoms with van der Waals surface area (Å²) >= 11 is 0. The maximum atomic E-state index is 5.68. The van der Waals surface area contributed by atoms with Gasteiger partial charge >= 0.3 is 0 Å². The van der Waals surface area contributed by atoms with Gasteiger partial charge in [0.05, 0.1) is 0 Å². The summed E-state index contributed by atoms with van der Waals surface area (Å²) in [5.74, 6) is 0. The van der Waals surface area contributed by atoms with Crippen LogP contribution in [0.4, 0.5) is 5.69 Å². The predicted molar refractivity (Wildman–Crippen MR) is 102 cm³/mol. The van der Waals surface area contributed by atoms with E-state index in [-0.39, 0.29) is 0 Å². The zero-order chi connectivity index (χ0) is 16.8. The first-order valence-electron chi connectivity index (χ1n) is 9.07. The molecule has 1 aliphatic rings. The van der Waals surface area contributed by atoms with Crippen LogP contribution in [-0.2, 0) is 13.0 Å². The van der Waals surface area contributed by atoms with Gasteiger partial charge in [-0.05, 0) is 49.1 Å². The Labute approximate surface area is 146 Å². The summed E-state index contributed by atoms with van der Waals surface area (Å²) in [7, 11) is 0. The molecule has 2 N–H and O–H groups in total. The van der Waals surface area contributed by atoms with Gasteiger partial charge in [0.2, 0.25) is 0 Å². The van der Waals surface area contributed by atoms with Gasteiger partial charge in [-0.2, -0.15) is 0 Å². The zero-order valence-corrected chi connectivity index (χ0v) is 14.7. The SMILES string of the molecule is Cc1ccccc1N1CCCN(Cc2cccc(CCN)c2)CC1. The Kier molecular flexibility index (Phi) is 5.89. The van der Waals surface area contributed by atoms with Gasteiger partial charge in [-0.15, -0.1) is 0 Å². The number of hydrogen-bond acceptors (Lipinski definition) is 3. The third-order valence-corrected chi connectivity index (χ3v) is 4.88. The summed E-state index contributed by atoms with van der Waals surface area (Å²) in [6.07, 6.45) is 2.19. The van der Waals surface area contributed by atoms with Gasteiger partial charge in [-0.1, -0.05) is 42.5 Å². The van der Waals surface area contributed by atoms with Crippen LogP contribution in [0.25, 0.3) is 0 Å². The van der Waals surface area contributed by atoms with Crippen molar-refractivity contribution in [3.63, 3.8) is 0 Å². The van der Waals surface area contributed by atoms with Crippen LogP contribution in [0.15, 0.2) is 48.5 Å². The lowest BCUT2D eigenvalue weighted by molar-refractivity contribution is 0.285. The number of rotatable bonds is 5. The van der Waals surface area contributed by atoms with E-state index in [0.29, 0.717) is 0 Å². The normalized spacial score (nSPS) is 16.2. The lowest BCUT2D eigenvalue weighted by Gasteiger charge is -2.25. The Morgan fingerprint density at radius 1 is 0.917 bits per heavy atom. The Balaban J connectivity index is 1.61. The number of para-hydroxylation sites is 1. The van der Waals surface area contributed by atoms with E-state index in [1.165, 1.54) is 35.3 Å². The van der Waals surface area contributed by atoms with Crippen LogP contribution >= 0.6 is 0 Å². The second kappa shape index (κ2) is 8.32. The van der Waals surface area contributed by atoms with Crippen molar-refractivity contribution in [1.29, 1.82) is 0 Å². The maximum Gasteiger partial charge on any atom is 0.0396 e. The van der Waals surface area contributed by atoms with Crippen LogP contribution in [0.2, 0.25) is 0 Å². The standard InChI is InChI=1S/C21H29N3/c1-18-6-2-3-9-21(18)24-13-5-12-23(14-15-24)17-20-8-4-7-19(16-20)10-11-22/h2-4,6-9,16H,5,10-15,17,22H2,1H3. The number of hydrogen-bond donors (Lipinski definition) is 1. The number of nitrogens with two attached hydrogens (primary N) is 1. The molecule has 0 amide bonds. The largest absolute Gasteiger partial charge is 0.370 e. The highest BCUT2D eigenvalue weighted by Crippen LogP contribution is 2.21. The summed E-state index contributed by atoms with van der Waals surface area (Å²) in [4.78, 5) is 5.13. The monoisotopic (exact) mass is 323 g/mol. The summed E-state index contributed by atoms with van der Waals surface area (Å²) in [5, 5.41) is 0. The molecule has 0 bridgehead atoms. The van der Waals surface area contributed by atoms with E-state index in [0.717, 1.165) is 39.1 Å². The summed E-state index contributed by atoms with van der Waals surface area (Å²) in [6, 6.07) is 17.6. The van der Waals surface area contributed by atoms with Crippen molar-refractivity contribution in [3.05, 3.63) is 65.2 Å². The molecule has 0 saturated carbocycles. The summed E-state index contributed by atoms with van der Waals surface area (Å²) in [5.41, 5.74) is 11.2. The molecule has 0 spiro atoms. The topological polar surface area (TPSA) is 32.5 Å². The minimum absolute atomic E-state index is 0.721. The van der Waals surface area contributed by atoms with E-state index in [9.17, 15) is 0 Å². The first-order chi connectivity index (χ1) is 11.8. The molecule has 1 heterocycles. The molecular formula is C21H29N3. The van der Waals surface area contributed by atoms with Gasteiger partial charge in [-0.3, -0.25) is 4.90 Å². The molecule has 1 fully saturated rings. The molecular weight excluding hydrogens is 294 g/mol. The van der Waals surface area contributed by atoms with Crippen LogP contribution in [0.5, 0.6) is 0 Å². The fourth-order valence-electron chi connectivity index (χ4n) is 3.60. The lowest BCUT2D eigenvalue weighted by atomic mass is 10.1. The highest BCUT2D eigenvalue weighted by molar-refractivity contribution is 5.53. The van der Waals surface area contributed by atoms with Crippen molar-refractivity contribution in [2.75, 3.05) is 37.6 Å². The van der Waals surface area contributed by atoms with Crippen LogP contribution < -0.4 is 10.6 Å². The lowest BCUT2D eigenvalue weighted by Crippen LogP contribution is -2.30. The van der Waals surface area contributed by atoms with Crippen molar-refractivity contribution in [2.24, 2.45) is 5.73 Å². The molecule has 1 aliphatic heterocycles. The molecule has 24 heavy (non-hydrogen) atoms. The van der Waals surface area contributed by atoms with Gasteiger partial charge in [0, 0.05) is 38.4 Å². The van der Waals surface area contributed by atoms with E-state index >= 15 is 0 Å². The summed E-state index contributed by atoms with van der Waals surface area (Å²) in [6.45, 7) is 8.51. The molecule has 3 rings (SSSR count). The average molecular weight is 323 g/mol. The maximum absolute atomic E-state index is 5.68. The highest BCUT2D eigenvalue weighted by Gasteiger charge is 2.16. The van der Waals surface area contributed by atoms with Gasteiger partial charge < -0.3 is 10.6 Å². The second-order valence-electron chi connectivity index (χ2n) is 6.76. The second-order valence-corrected chi connectivity index (χ2v) is 6.76. The zero-order valence-electron chi connectivity index (χ0n) is 14.7. The third kappa shape index (κ3) is 4.37. The van der Waals surface area contributed by atoms with Gasteiger partial charge in [0.25, 0.3) is 0 Å². The van der Waals surface area contributed by atoms with Crippen LogP contribution in [0, 0.1) is 6.92 Å². The number of anilines is 1. The minimum atomic E-state index is 0.721. The Bertz CT molecular complexity index is 653. The summed E-state index contributed by atoms with van der Waals surface area (Å²) < 4.78 is 0. The molecule has 3 nitrogen and oxygen atoms in total. The Hall–Kier alpha value is -1.84. The van der Waals surface area contributed by atoms with Crippen molar-refractivity contribution < 1.29 is 0 Å². The molecule has 0 aromatic heterocycles. The third-order valence-electron chi connectivity index (χ3n) is 4.88. The number of nitrogens with zero attached hydrogens (tertiary/aromatic N) is 2. The van der Waals surface area contributed by atoms with E-state index in [2.05, 4.69) is 65.3 Å². The van der Waals surface area contributed by atoms with Crippen LogP contribution in [0.3, 0.4) is 0 Å². The Morgan fingerprint density at radius 2 is 1.75 bits per heavy atom. The molecule has 2 aromatic rings. The molecule has 3 heteroatoms. The first kappa shape index (κ1) is 17.0. The van der Waals surface area contributed by atoms with Gasteiger partial charge in [0.15, 0.2) is 0 Å². The van der Waals surface area contributed by atoms with Crippen molar-refractivity contribution >= 4 is 5.69 Å². The molecule has 0 aliphatic carbocycles. The van der Waals surface area contributed by atoms with Gasteiger partial charge in [0.1, 0.15) is 0 Å². The molecule has 0 atom stereocenters. The van der Waals surface area contributed by atoms with Gasteiger partial charge in [-0.25, -0.2) is 0 Å². The fourth-order valence-corrected chi connectivity index (χ4v) is 3.60. The molecule has 1 saturated heterocycles. The predicted octanol–water partition coefficient (Wildman–Crippen LogP) is 3.21. The van der Waals surface area contributed by atoms with E-state index < -0.39 is 0 Å². The van der Waals surface area contributed by atoms with Crippen LogP contribution in [0.1, 0.15) is 23.1 Å². The quantitative estimate of drug-likeness (QED) is 0.917. The Morgan fingerprint density at radius 3 is 2.58 bits per heavy atom. The van der Waals surface area contributed by atoms with E-state index in [1.807, 2.05) is 0 Å². The molecule has 0 unspecified atom stereocenters. The van der Waals surface area contributed by atoms with Crippen molar-refractivity contribution in [3.8, 4) is 0 Å². The van der Waals surface area contributed by atoms with Crippen molar-refractivity contribution in [1.82, 2.24) is 4.90 Å². The van der Waals surface area contributed by atoms with E-state index in [1.54, 1.807) is 0 Å². The molecule has 128 valence electrons. The molecule has 2 aromatic carbocycles. The van der Waals surface area contributed by atoms with Crippen LogP contribution in [-0.4, -0.2) is 37.6 Å². The van der Waals surface area contributed by atoms with Crippen molar-refractivity contribution in [2.45, 2.75) is 26.3 Å². The first-order valence-corrected chi connectivity index (χ1v) is 9.07. The fraction of sp³-hybridized carbons (Fsp3) is 0.429. The number of benzene rings is 2. The smallest absolute Gasteiger partial charge is 0.0396 e.